The van der Waals surface area contributed by atoms with E-state index in [1.807, 2.05) is 0 Å². The zero-order valence-corrected chi connectivity index (χ0v) is 18.1. The Labute approximate surface area is 188 Å². The first-order valence-electron chi connectivity index (χ1n) is 9.60. The lowest BCUT2D eigenvalue weighted by Crippen LogP contribution is -2.46. The first-order valence-corrected chi connectivity index (χ1v) is 9.60. The molecule has 0 aliphatic carbocycles. The summed E-state index contributed by atoms with van der Waals surface area (Å²) < 4.78 is 14.2. The first-order chi connectivity index (χ1) is 15.7. The van der Waals surface area contributed by atoms with Gasteiger partial charge in [0.15, 0.2) is 0 Å². The Morgan fingerprint density at radius 3 is 2.12 bits per heavy atom. The molecular formula is C22H22N2O9. The number of hydrogen-bond donors (Lipinski definition) is 1. The fraction of sp³-hybridized carbons (Fsp3) is 0.273. The maximum atomic E-state index is 12.9. The summed E-state index contributed by atoms with van der Waals surface area (Å²) >= 11 is 0. The molecule has 11 nitrogen and oxygen atoms in total. The van der Waals surface area contributed by atoms with Crippen LogP contribution >= 0.6 is 0 Å². The molecule has 0 unspecified atom stereocenters. The summed E-state index contributed by atoms with van der Waals surface area (Å²) in [6.45, 7) is 0. The number of carbonyl (C=O) groups excluding carboxylic acids is 4. The minimum absolute atomic E-state index is 0.0623. The van der Waals surface area contributed by atoms with Crippen molar-refractivity contribution in [2.24, 2.45) is 0 Å². The van der Waals surface area contributed by atoms with Gasteiger partial charge < -0.3 is 19.5 Å². The van der Waals surface area contributed by atoms with E-state index in [4.69, 9.17) is 9.47 Å². The van der Waals surface area contributed by atoms with Gasteiger partial charge in [-0.1, -0.05) is 18.2 Å². The van der Waals surface area contributed by atoms with Gasteiger partial charge >= 0.3 is 17.9 Å². The Balaban J connectivity index is 2.43. The van der Waals surface area contributed by atoms with Crippen molar-refractivity contribution in [2.75, 3.05) is 21.3 Å². The van der Waals surface area contributed by atoms with Crippen molar-refractivity contribution in [3.05, 3.63) is 75.3 Å². The highest BCUT2D eigenvalue weighted by Crippen LogP contribution is 2.27. The van der Waals surface area contributed by atoms with Crippen LogP contribution in [0.1, 0.15) is 38.6 Å². The number of benzene rings is 2. The van der Waals surface area contributed by atoms with Gasteiger partial charge in [-0.15, -0.1) is 0 Å². The normalized spacial score (nSPS) is 12.1. The smallest absolute Gasteiger partial charge is 0.337 e. The van der Waals surface area contributed by atoms with Crippen molar-refractivity contribution in [3.63, 3.8) is 0 Å². The summed E-state index contributed by atoms with van der Waals surface area (Å²) in [5.74, 6) is -3.84. The number of esters is 3. The van der Waals surface area contributed by atoms with Gasteiger partial charge in [0.05, 0.1) is 38.2 Å². The van der Waals surface area contributed by atoms with Gasteiger partial charge in [0.25, 0.3) is 11.6 Å². The third-order valence-corrected chi connectivity index (χ3v) is 4.84. The second-order valence-corrected chi connectivity index (χ2v) is 6.78. The van der Waals surface area contributed by atoms with Crippen LogP contribution in [-0.4, -0.2) is 56.1 Å². The van der Waals surface area contributed by atoms with Crippen LogP contribution in [0.2, 0.25) is 0 Å². The number of non-ortho nitro benzene ring substituents is 1. The summed E-state index contributed by atoms with van der Waals surface area (Å²) in [4.78, 5) is 59.7. The number of nitro benzene ring substituents is 1. The van der Waals surface area contributed by atoms with Gasteiger partial charge in [0, 0.05) is 23.6 Å². The first kappa shape index (κ1) is 25.0. The van der Waals surface area contributed by atoms with Crippen LogP contribution in [0.25, 0.3) is 0 Å². The van der Waals surface area contributed by atoms with Crippen LogP contribution in [0.5, 0.6) is 0 Å². The Bertz CT molecular complexity index is 1050. The van der Waals surface area contributed by atoms with Crippen molar-refractivity contribution in [1.29, 1.82) is 0 Å². The Hall–Kier alpha value is -4.28. The lowest BCUT2D eigenvalue weighted by atomic mass is 9.88. The van der Waals surface area contributed by atoms with E-state index in [1.54, 1.807) is 0 Å². The monoisotopic (exact) mass is 458 g/mol. The number of amides is 1. The molecule has 0 bridgehead atoms. The molecule has 0 radical (unpaired) electrons. The molecule has 11 heteroatoms. The molecule has 33 heavy (non-hydrogen) atoms. The van der Waals surface area contributed by atoms with Gasteiger partial charge in [-0.2, -0.15) is 0 Å². The molecule has 2 atom stereocenters. The maximum absolute atomic E-state index is 12.9. The van der Waals surface area contributed by atoms with E-state index in [1.165, 1.54) is 62.8 Å². The molecule has 2 aromatic rings. The Morgan fingerprint density at radius 2 is 1.58 bits per heavy atom. The number of ether oxygens (including phenoxy) is 3. The number of nitrogens with zero attached hydrogens (tertiary/aromatic N) is 1. The van der Waals surface area contributed by atoms with E-state index in [2.05, 4.69) is 10.1 Å². The molecular weight excluding hydrogens is 436 g/mol. The fourth-order valence-electron chi connectivity index (χ4n) is 3.11. The molecule has 1 amide bonds. The standard InChI is InChI=1S/C22H22N2O9/c1-31-18(25)12-17(13-7-9-16(10-8-13)24(29)30)19(22(28)33-3)23-20(26)14-5-4-6-15(11-14)21(27)32-2/h4-11,17,19H,12H2,1-3H3,(H,23,26)/t17-,19+/m0/s1. The van der Waals surface area contributed by atoms with E-state index in [9.17, 15) is 29.3 Å². The highest BCUT2D eigenvalue weighted by molar-refractivity contribution is 5.99. The lowest BCUT2D eigenvalue weighted by molar-refractivity contribution is -0.384. The number of hydrogen-bond acceptors (Lipinski definition) is 9. The Morgan fingerprint density at radius 1 is 0.939 bits per heavy atom. The predicted octanol–water partition coefficient (Wildman–Crippen LogP) is 2.00. The molecule has 2 aromatic carbocycles. The average molecular weight is 458 g/mol. The molecule has 0 saturated heterocycles. The second-order valence-electron chi connectivity index (χ2n) is 6.78. The minimum atomic E-state index is -1.34. The van der Waals surface area contributed by atoms with Crippen LogP contribution in [0, 0.1) is 10.1 Å². The molecule has 2 rings (SSSR count). The summed E-state index contributed by atoms with van der Waals surface area (Å²) in [6.07, 6.45) is -0.323. The van der Waals surface area contributed by atoms with E-state index in [0.717, 1.165) is 7.11 Å². The number of nitrogens with one attached hydrogen (secondary N) is 1. The van der Waals surface area contributed by atoms with Gasteiger partial charge in [-0.05, 0) is 23.8 Å². The van der Waals surface area contributed by atoms with Crippen LogP contribution in [-0.2, 0) is 23.8 Å². The Kier molecular flexibility index (Phi) is 8.61. The topological polar surface area (TPSA) is 151 Å². The van der Waals surface area contributed by atoms with Crippen molar-refractivity contribution in [3.8, 4) is 0 Å². The van der Waals surface area contributed by atoms with Gasteiger partial charge in [-0.3, -0.25) is 19.7 Å². The van der Waals surface area contributed by atoms with Crippen LogP contribution in [0.4, 0.5) is 5.69 Å². The van der Waals surface area contributed by atoms with Crippen LogP contribution in [0.15, 0.2) is 48.5 Å². The zero-order chi connectivity index (χ0) is 24.5. The molecule has 0 spiro atoms. The summed E-state index contributed by atoms with van der Waals surface area (Å²) in [6, 6.07) is 9.50. The SMILES string of the molecule is COC(=O)C[C@@H](c1ccc([N+](=O)[O-])cc1)[C@@H](NC(=O)c1cccc(C(=O)OC)c1)C(=O)OC. The quantitative estimate of drug-likeness (QED) is 0.257. The summed E-state index contributed by atoms with van der Waals surface area (Å²) in [7, 11) is 3.48. The van der Waals surface area contributed by atoms with Crippen LogP contribution in [0.3, 0.4) is 0 Å². The molecule has 0 heterocycles. The molecule has 0 aliphatic rings. The molecule has 0 saturated carbocycles. The molecule has 174 valence electrons. The largest absolute Gasteiger partial charge is 0.469 e. The highest BCUT2D eigenvalue weighted by Gasteiger charge is 2.34. The number of rotatable bonds is 9. The van der Waals surface area contributed by atoms with Gasteiger partial charge in [0.1, 0.15) is 6.04 Å². The fourth-order valence-corrected chi connectivity index (χ4v) is 3.11. The van der Waals surface area contributed by atoms with Crippen LogP contribution < -0.4 is 5.32 Å². The number of methoxy groups -OCH3 is 3. The van der Waals surface area contributed by atoms with Gasteiger partial charge in [0.2, 0.25) is 0 Å². The minimum Gasteiger partial charge on any atom is -0.469 e. The van der Waals surface area contributed by atoms with E-state index in [0.29, 0.717) is 5.56 Å². The predicted molar refractivity (Wildman–Crippen MR) is 114 cm³/mol. The van der Waals surface area contributed by atoms with Crippen molar-refractivity contribution < 1.29 is 38.3 Å². The molecule has 1 N–H and O–H groups in total. The van der Waals surface area contributed by atoms with E-state index < -0.39 is 40.7 Å². The summed E-state index contributed by atoms with van der Waals surface area (Å²) in [5.41, 5.74) is 0.368. The second kappa shape index (κ2) is 11.4. The third-order valence-electron chi connectivity index (χ3n) is 4.84. The average Bonchev–Trinajstić information content (AvgIpc) is 2.84. The lowest BCUT2D eigenvalue weighted by Gasteiger charge is -2.26. The number of nitro groups is 1. The zero-order valence-electron chi connectivity index (χ0n) is 18.1. The number of carbonyl (C=O) groups is 4. The van der Waals surface area contributed by atoms with Crippen molar-refractivity contribution in [2.45, 2.75) is 18.4 Å². The van der Waals surface area contributed by atoms with Gasteiger partial charge in [-0.25, -0.2) is 9.59 Å². The summed E-state index contributed by atoms with van der Waals surface area (Å²) in [5, 5.41) is 13.5. The van der Waals surface area contributed by atoms with Crippen molar-refractivity contribution in [1.82, 2.24) is 5.32 Å². The molecule has 0 aliphatic heterocycles. The van der Waals surface area contributed by atoms with E-state index in [-0.39, 0.29) is 23.2 Å². The maximum Gasteiger partial charge on any atom is 0.337 e. The van der Waals surface area contributed by atoms with Crippen molar-refractivity contribution >= 4 is 29.5 Å². The molecule has 0 aromatic heterocycles. The molecule has 0 fully saturated rings. The third kappa shape index (κ3) is 6.35. The van der Waals surface area contributed by atoms with E-state index >= 15 is 0 Å². The highest BCUT2D eigenvalue weighted by atomic mass is 16.6.